The minimum Gasteiger partial charge on any atom is -0.396 e. The zero-order valence-electron chi connectivity index (χ0n) is 11.2. The summed E-state index contributed by atoms with van der Waals surface area (Å²) in [7, 11) is 0. The Labute approximate surface area is 113 Å². The molecule has 2 aromatic rings. The lowest BCUT2D eigenvalue weighted by molar-refractivity contribution is 0.208. The van der Waals surface area contributed by atoms with Gasteiger partial charge in [0, 0.05) is 31.6 Å². The van der Waals surface area contributed by atoms with Crippen molar-refractivity contribution < 1.29 is 5.11 Å². The highest BCUT2D eigenvalue weighted by Gasteiger charge is 2.24. The number of likely N-dealkylation sites (tertiary alicyclic amines) is 1. The fourth-order valence-corrected chi connectivity index (χ4v) is 3.03. The highest BCUT2D eigenvalue weighted by molar-refractivity contribution is 5.39. The minimum absolute atomic E-state index is 0.304. The second kappa shape index (κ2) is 5.72. The summed E-state index contributed by atoms with van der Waals surface area (Å²) in [5.74, 6) is 0. The molecule has 1 atom stereocenters. The van der Waals surface area contributed by atoms with E-state index in [1.807, 2.05) is 24.4 Å². The lowest BCUT2D eigenvalue weighted by Crippen LogP contribution is -2.29. The van der Waals surface area contributed by atoms with Gasteiger partial charge in [-0.2, -0.15) is 0 Å². The normalized spacial score (nSPS) is 20.4. The molecule has 0 aromatic carbocycles. The molecule has 2 aromatic heterocycles. The van der Waals surface area contributed by atoms with Crippen molar-refractivity contribution in [2.45, 2.75) is 38.3 Å². The van der Waals surface area contributed by atoms with Crippen molar-refractivity contribution in [3.63, 3.8) is 0 Å². The molecule has 0 amide bonds. The van der Waals surface area contributed by atoms with E-state index in [-0.39, 0.29) is 0 Å². The molecule has 1 aliphatic heterocycles. The zero-order chi connectivity index (χ0) is 13.1. The predicted molar refractivity (Wildman–Crippen MR) is 74.9 cm³/mol. The first-order valence-corrected chi connectivity index (χ1v) is 7.14. The summed E-state index contributed by atoms with van der Waals surface area (Å²) >= 11 is 0. The Morgan fingerprint density at radius 2 is 2.32 bits per heavy atom. The van der Waals surface area contributed by atoms with Crippen molar-refractivity contribution in [2.75, 3.05) is 13.2 Å². The molecule has 3 rings (SSSR count). The molecule has 0 saturated carbocycles. The highest BCUT2D eigenvalue weighted by Crippen LogP contribution is 2.23. The Morgan fingerprint density at radius 3 is 3.16 bits per heavy atom. The second-order valence-corrected chi connectivity index (χ2v) is 5.33. The average Bonchev–Trinajstić information content (AvgIpc) is 3.02. The molecule has 1 N–H and O–H groups in total. The third-order valence-corrected chi connectivity index (χ3v) is 3.97. The SMILES string of the molecule is OCCCC1CCCN1Cc1cn2ccccc2n1. The Kier molecular flexibility index (Phi) is 3.80. The maximum atomic E-state index is 8.96. The van der Waals surface area contributed by atoms with E-state index in [0.29, 0.717) is 12.6 Å². The van der Waals surface area contributed by atoms with Gasteiger partial charge in [-0.05, 0) is 44.4 Å². The Morgan fingerprint density at radius 1 is 1.37 bits per heavy atom. The summed E-state index contributed by atoms with van der Waals surface area (Å²) in [6.07, 6.45) is 8.70. The molecule has 1 fully saturated rings. The van der Waals surface area contributed by atoms with Gasteiger partial charge in [-0.1, -0.05) is 6.07 Å². The maximum Gasteiger partial charge on any atom is 0.137 e. The van der Waals surface area contributed by atoms with Gasteiger partial charge in [0.05, 0.1) is 5.69 Å². The number of hydrogen-bond donors (Lipinski definition) is 1. The molecule has 0 bridgehead atoms. The molecule has 0 spiro atoms. The molecule has 3 heterocycles. The Bertz CT molecular complexity index is 504. The number of rotatable bonds is 5. The quantitative estimate of drug-likeness (QED) is 0.893. The summed E-state index contributed by atoms with van der Waals surface area (Å²) in [6, 6.07) is 6.71. The third-order valence-electron chi connectivity index (χ3n) is 3.97. The second-order valence-electron chi connectivity index (χ2n) is 5.33. The first-order chi connectivity index (χ1) is 9.36. The van der Waals surface area contributed by atoms with Crippen molar-refractivity contribution in [1.29, 1.82) is 0 Å². The van der Waals surface area contributed by atoms with Crippen molar-refractivity contribution in [1.82, 2.24) is 14.3 Å². The fraction of sp³-hybridized carbons (Fsp3) is 0.533. The van der Waals surface area contributed by atoms with Crippen LogP contribution >= 0.6 is 0 Å². The van der Waals surface area contributed by atoms with E-state index < -0.39 is 0 Å². The van der Waals surface area contributed by atoms with E-state index in [4.69, 9.17) is 5.11 Å². The number of aliphatic hydroxyl groups is 1. The molecule has 0 aliphatic carbocycles. The van der Waals surface area contributed by atoms with Crippen LogP contribution in [0.15, 0.2) is 30.6 Å². The van der Waals surface area contributed by atoms with Gasteiger partial charge in [-0.25, -0.2) is 4.98 Å². The van der Waals surface area contributed by atoms with Crippen LogP contribution in [0.2, 0.25) is 0 Å². The monoisotopic (exact) mass is 259 g/mol. The molecule has 1 unspecified atom stereocenters. The number of aliphatic hydroxyl groups excluding tert-OH is 1. The van der Waals surface area contributed by atoms with E-state index in [0.717, 1.165) is 37.3 Å². The fourth-order valence-electron chi connectivity index (χ4n) is 3.03. The largest absolute Gasteiger partial charge is 0.396 e. The van der Waals surface area contributed by atoms with Gasteiger partial charge in [0.2, 0.25) is 0 Å². The lowest BCUT2D eigenvalue weighted by Gasteiger charge is -2.23. The molecule has 19 heavy (non-hydrogen) atoms. The summed E-state index contributed by atoms with van der Waals surface area (Å²) in [6.45, 7) is 2.39. The van der Waals surface area contributed by atoms with Crippen LogP contribution < -0.4 is 0 Å². The molecular weight excluding hydrogens is 238 g/mol. The van der Waals surface area contributed by atoms with E-state index in [1.54, 1.807) is 0 Å². The van der Waals surface area contributed by atoms with Crippen LogP contribution in [0.1, 0.15) is 31.4 Å². The van der Waals surface area contributed by atoms with Gasteiger partial charge in [0.15, 0.2) is 0 Å². The minimum atomic E-state index is 0.304. The number of fused-ring (bicyclic) bond motifs is 1. The van der Waals surface area contributed by atoms with E-state index in [9.17, 15) is 0 Å². The first-order valence-electron chi connectivity index (χ1n) is 7.14. The van der Waals surface area contributed by atoms with Crippen molar-refractivity contribution in [3.8, 4) is 0 Å². The molecule has 1 aliphatic rings. The van der Waals surface area contributed by atoms with Gasteiger partial charge >= 0.3 is 0 Å². The van der Waals surface area contributed by atoms with Gasteiger partial charge in [0.25, 0.3) is 0 Å². The number of nitrogens with zero attached hydrogens (tertiary/aromatic N) is 3. The highest BCUT2D eigenvalue weighted by atomic mass is 16.2. The summed E-state index contributed by atoms with van der Waals surface area (Å²) in [5, 5.41) is 8.96. The third kappa shape index (κ3) is 2.80. The maximum absolute atomic E-state index is 8.96. The summed E-state index contributed by atoms with van der Waals surface area (Å²) < 4.78 is 2.08. The Hall–Kier alpha value is -1.39. The first kappa shape index (κ1) is 12.6. The number of pyridine rings is 1. The molecule has 4 heteroatoms. The molecule has 4 nitrogen and oxygen atoms in total. The Balaban J connectivity index is 1.69. The van der Waals surface area contributed by atoms with Crippen LogP contribution in [-0.2, 0) is 6.54 Å². The van der Waals surface area contributed by atoms with Crippen molar-refractivity contribution in [2.24, 2.45) is 0 Å². The lowest BCUT2D eigenvalue weighted by atomic mass is 10.1. The van der Waals surface area contributed by atoms with E-state index in [2.05, 4.69) is 20.5 Å². The van der Waals surface area contributed by atoms with E-state index >= 15 is 0 Å². The molecule has 102 valence electrons. The number of imidazole rings is 1. The van der Waals surface area contributed by atoms with Gasteiger partial charge in [0.1, 0.15) is 5.65 Å². The molecule has 1 saturated heterocycles. The molecular formula is C15H21N3O. The smallest absolute Gasteiger partial charge is 0.137 e. The van der Waals surface area contributed by atoms with E-state index in [1.165, 1.54) is 12.8 Å². The van der Waals surface area contributed by atoms with Crippen LogP contribution in [0, 0.1) is 0 Å². The summed E-state index contributed by atoms with van der Waals surface area (Å²) in [5.41, 5.74) is 2.16. The average molecular weight is 259 g/mol. The zero-order valence-corrected chi connectivity index (χ0v) is 11.2. The van der Waals surface area contributed by atoms with Crippen LogP contribution in [0.4, 0.5) is 0 Å². The van der Waals surface area contributed by atoms with Crippen LogP contribution in [0.5, 0.6) is 0 Å². The van der Waals surface area contributed by atoms with Crippen LogP contribution in [-0.4, -0.2) is 38.6 Å². The van der Waals surface area contributed by atoms with Crippen LogP contribution in [0.3, 0.4) is 0 Å². The predicted octanol–water partition coefficient (Wildman–Crippen LogP) is 2.07. The number of aromatic nitrogens is 2. The van der Waals surface area contributed by atoms with Gasteiger partial charge in [-0.15, -0.1) is 0 Å². The van der Waals surface area contributed by atoms with Gasteiger partial charge < -0.3 is 9.51 Å². The van der Waals surface area contributed by atoms with Crippen molar-refractivity contribution >= 4 is 5.65 Å². The van der Waals surface area contributed by atoms with Crippen LogP contribution in [0.25, 0.3) is 5.65 Å². The molecule has 0 radical (unpaired) electrons. The number of hydrogen-bond acceptors (Lipinski definition) is 3. The van der Waals surface area contributed by atoms with Gasteiger partial charge in [-0.3, -0.25) is 4.90 Å². The summed E-state index contributed by atoms with van der Waals surface area (Å²) in [4.78, 5) is 7.17. The standard InChI is InChI=1S/C15H21N3O/c19-10-4-6-14-5-3-9-17(14)11-13-12-18-8-2-1-7-15(18)16-13/h1-2,7-8,12,14,19H,3-6,9-11H2. The van der Waals surface area contributed by atoms with Crippen molar-refractivity contribution in [3.05, 3.63) is 36.3 Å². The topological polar surface area (TPSA) is 40.8 Å².